The number of pyridine rings is 2. The molecule has 2 N–H and O–H groups in total. The van der Waals surface area contributed by atoms with Gasteiger partial charge in [0.05, 0.1) is 36.8 Å². The molecule has 2 atom stereocenters. The van der Waals surface area contributed by atoms with Gasteiger partial charge >= 0.3 is 6.09 Å². The number of anilines is 1. The Hall–Kier alpha value is -3.43. The number of aryl methyl sites for hydroxylation is 1. The molecule has 9 heteroatoms. The van der Waals surface area contributed by atoms with E-state index in [1.807, 2.05) is 63.4 Å². The van der Waals surface area contributed by atoms with Crippen LogP contribution in [0.2, 0.25) is 18.1 Å². The van der Waals surface area contributed by atoms with Gasteiger partial charge in [-0.2, -0.15) is 0 Å². The van der Waals surface area contributed by atoms with E-state index in [2.05, 4.69) is 49.9 Å². The van der Waals surface area contributed by atoms with Gasteiger partial charge in [-0.1, -0.05) is 26.8 Å². The van der Waals surface area contributed by atoms with Crippen LogP contribution in [0.5, 0.6) is 5.75 Å². The third-order valence-corrected chi connectivity index (χ3v) is 12.4. The number of fused-ring (bicyclic) bond motifs is 1. The topological polar surface area (TPSA) is 99.8 Å². The molecule has 0 saturated carbocycles. The number of rotatable bonds is 8. The van der Waals surface area contributed by atoms with E-state index in [9.17, 15) is 4.79 Å². The third-order valence-electron chi connectivity index (χ3n) is 7.93. The molecule has 0 spiro atoms. The lowest BCUT2D eigenvalue weighted by Crippen LogP contribution is -2.48. The van der Waals surface area contributed by atoms with Crippen LogP contribution in [0.15, 0.2) is 61.1 Å². The van der Waals surface area contributed by atoms with Crippen molar-refractivity contribution in [2.75, 3.05) is 18.8 Å². The van der Waals surface area contributed by atoms with E-state index in [4.69, 9.17) is 19.6 Å². The van der Waals surface area contributed by atoms with E-state index in [0.29, 0.717) is 18.8 Å². The minimum Gasteiger partial charge on any atom is -0.488 e. The Labute approximate surface area is 251 Å². The molecular formula is C33H46N4O4Si. The first-order valence-electron chi connectivity index (χ1n) is 14.7. The largest absolute Gasteiger partial charge is 0.488 e. The second-order valence-electron chi connectivity index (χ2n) is 13.6. The van der Waals surface area contributed by atoms with Gasteiger partial charge in [0.25, 0.3) is 0 Å². The number of hydrogen-bond acceptors (Lipinski definition) is 7. The zero-order valence-corrected chi connectivity index (χ0v) is 27.3. The molecule has 0 fully saturated rings. The van der Waals surface area contributed by atoms with Crippen LogP contribution in [0.3, 0.4) is 0 Å². The van der Waals surface area contributed by atoms with Crippen molar-refractivity contribution in [2.24, 2.45) is 0 Å². The van der Waals surface area contributed by atoms with E-state index in [1.165, 1.54) is 0 Å². The fourth-order valence-electron chi connectivity index (χ4n) is 4.61. The molecule has 3 aromatic rings. The third kappa shape index (κ3) is 8.10. The number of hydrogen-bond donors (Lipinski definition) is 1. The Balaban J connectivity index is 1.57. The number of carbonyl (C=O) groups is 1. The predicted molar refractivity (Wildman–Crippen MR) is 170 cm³/mol. The van der Waals surface area contributed by atoms with Gasteiger partial charge in [0.1, 0.15) is 17.5 Å². The Kier molecular flexibility index (Phi) is 9.32. The number of carbonyl (C=O) groups excluding carboxylic acids is 1. The fraction of sp³-hybridized carbons (Fsp3) is 0.485. The first-order valence-corrected chi connectivity index (χ1v) is 17.6. The molecule has 0 aliphatic carbocycles. The average molecular weight is 591 g/mol. The van der Waals surface area contributed by atoms with Crippen molar-refractivity contribution < 1.29 is 18.7 Å². The lowest BCUT2D eigenvalue weighted by molar-refractivity contribution is 0.00491. The van der Waals surface area contributed by atoms with Crippen LogP contribution in [0.4, 0.5) is 10.5 Å². The molecule has 4 rings (SSSR count). The zero-order chi connectivity index (χ0) is 30.7. The molecule has 0 saturated heterocycles. The van der Waals surface area contributed by atoms with Gasteiger partial charge in [0.2, 0.25) is 0 Å². The van der Waals surface area contributed by atoms with Gasteiger partial charge in [0, 0.05) is 18.0 Å². The van der Waals surface area contributed by atoms with Gasteiger partial charge in [-0.3, -0.25) is 9.97 Å². The Morgan fingerprint density at radius 1 is 1.12 bits per heavy atom. The zero-order valence-electron chi connectivity index (χ0n) is 26.3. The highest BCUT2D eigenvalue weighted by Gasteiger charge is 2.41. The highest BCUT2D eigenvalue weighted by molar-refractivity contribution is 6.74. The second-order valence-corrected chi connectivity index (χ2v) is 18.4. The number of ether oxygens (including phenoxy) is 2. The Morgan fingerprint density at radius 3 is 2.50 bits per heavy atom. The summed E-state index contributed by atoms with van der Waals surface area (Å²) >= 11 is 0. The van der Waals surface area contributed by atoms with Crippen LogP contribution in [-0.4, -0.2) is 54.1 Å². The molecule has 226 valence electrons. The molecule has 1 aliphatic rings. The maximum atomic E-state index is 13.6. The minimum atomic E-state index is -2.19. The van der Waals surface area contributed by atoms with Gasteiger partial charge in [-0.15, -0.1) is 0 Å². The predicted octanol–water partition coefficient (Wildman–Crippen LogP) is 7.42. The molecular weight excluding hydrogens is 544 g/mol. The van der Waals surface area contributed by atoms with Crippen LogP contribution in [0, 0.1) is 0 Å². The Bertz CT molecular complexity index is 1350. The van der Waals surface area contributed by atoms with Crippen molar-refractivity contribution in [3.8, 4) is 17.0 Å². The van der Waals surface area contributed by atoms with Gasteiger partial charge < -0.3 is 24.5 Å². The molecule has 3 heterocycles. The van der Waals surface area contributed by atoms with Crippen molar-refractivity contribution >= 4 is 20.1 Å². The quantitative estimate of drug-likeness (QED) is 0.273. The van der Waals surface area contributed by atoms with Gasteiger partial charge in [-0.05, 0) is 99.3 Å². The lowest BCUT2D eigenvalue weighted by atomic mass is 9.98. The lowest BCUT2D eigenvalue weighted by Gasteiger charge is -2.41. The first-order chi connectivity index (χ1) is 19.6. The highest BCUT2D eigenvalue weighted by Crippen LogP contribution is 2.40. The van der Waals surface area contributed by atoms with Gasteiger partial charge in [0.15, 0.2) is 8.32 Å². The summed E-state index contributed by atoms with van der Waals surface area (Å²) in [6.45, 7) is 17.5. The summed E-state index contributed by atoms with van der Waals surface area (Å²) in [4.78, 5) is 24.2. The smallest absolute Gasteiger partial charge is 0.410 e. The van der Waals surface area contributed by atoms with Crippen LogP contribution in [-0.2, 0) is 15.6 Å². The van der Waals surface area contributed by atoms with E-state index < -0.39 is 13.9 Å². The van der Waals surface area contributed by atoms with Crippen LogP contribution in [0.25, 0.3) is 11.3 Å². The molecule has 1 aliphatic heterocycles. The molecule has 1 aromatic carbocycles. The molecule has 8 nitrogen and oxygen atoms in total. The maximum absolute atomic E-state index is 13.6. The molecule has 0 bridgehead atoms. The summed E-state index contributed by atoms with van der Waals surface area (Å²) in [5.74, 6) is 0.830. The summed E-state index contributed by atoms with van der Waals surface area (Å²) in [5.41, 5.74) is 9.77. The number of benzene rings is 1. The van der Waals surface area contributed by atoms with Gasteiger partial charge in [-0.25, -0.2) is 4.79 Å². The van der Waals surface area contributed by atoms with Crippen molar-refractivity contribution in [3.63, 3.8) is 0 Å². The second kappa shape index (κ2) is 12.4. The SMILES string of the molecule is CC(C)(C)OC(=O)N(CC1CCc2cc(-c3ccc(N)cn3)ccc2O1)CC(O[Si](C)(C)C(C)(C)C)c1cccnc1. The standard InChI is InChI=1S/C33H46N4O4Si/c1-32(2,3)40-31(38)37(22-30(25-10-9-17-35-19-25)41-42(7,8)33(4,5)6)21-27-14-11-24-18-23(12-16-29(24)39-27)28-15-13-26(34)20-36-28/h9-10,12-13,15-20,27,30H,11,14,21-22,34H2,1-8H3. The van der Waals surface area contributed by atoms with Crippen molar-refractivity contribution in [1.82, 2.24) is 14.9 Å². The Morgan fingerprint density at radius 2 is 1.88 bits per heavy atom. The monoisotopic (exact) mass is 590 g/mol. The molecule has 1 amide bonds. The molecule has 2 unspecified atom stereocenters. The summed E-state index contributed by atoms with van der Waals surface area (Å²) < 4.78 is 19.2. The van der Waals surface area contributed by atoms with E-state index >= 15 is 0 Å². The summed E-state index contributed by atoms with van der Waals surface area (Å²) in [6, 6.07) is 13.8. The maximum Gasteiger partial charge on any atom is 0.410 e. The van der Waals surface area contributed by atoms with Crippen LogP contribution >= 0.6 is 0 Å². The summed E-state index contributed by atoms with van der Waals surface area (Å²) in [7, 11) is -2.19. The molecule has 2 aromatic heterocycles. The van der Waals surface area contributed by atoms with E-state index in [1.54, 1.807) is 17.3 Å². The number of nitrogens with zero attached hydrogens (tertiary/aromatic N) is 3. The molecule has 0 radical (unpaired) electrons. The van der Waals surface area contributed by atoms with E-state index in [0.717, 1.165) is 41.0 Å². The van der Waals surface area contributed by atoms with Crippen molar-refractivity contribution in [2.45, 2.75) is 90.3 Å². The first kappa shape index (κ1) is 31.5. The number of aromatic nitrogens is 2. The normalized spacial score (nSPS) is 16.2. The molecule has 42 heavy (non-hydrogen) atoms. The van der Waals surface area contributed by atoms with Crippen molar-refractivity contribution in [3.05, 3.63) is 72.2 Å². The van der Waals surface area contributed by atoms with Crippen molar-refractivity contribution in [1.29, 1.82) is 0 Å². The van der Waals surface area contributed by atoms with Crippen LogP contribution in [0.1, 0.15) is 65.2 Å². The van der Waals surface area contributed by atoms with Crippen LogP contribution < -0.4 is 10.5 Å². The number of amides is 1. The fourth-order valence-corrected chi connectivity index (χ4v) is 5.89. The average Bonchev–Trinajstić information content (AvgIpc) is 2.91. The number of nitrogen functional groups attached to an aromatic ring is 1. The highest BCUT2D eigenvalue weighted by atomic mass is 28.4. The number of nitrogens with two attached hydrogens (primary N) is 1. The minimum absolute atomic E-state index is 0.00112. The summed E-state index contributed by atoms with van der Waals surface area (Å²) in [6.07, 6.45) is 5.93. The van der Waals surface area contributed by atoms with E-state index in [-0.39, 0.29) is 23.3 Å². The summed E-state index contributed by atoms with van der Waals surface area (Å²) in [5, 5.41) is 0.00112.